The molecular formula is C19H21FN2O2. The lowest BCUT2D eigenvalue weighted by atomic mass is 10.1. The lowest BCUT2D eigenvalue weighted by Gasteiger charge is -2.36. The van der Waals surface area contributed by atoms with E-state index in [1.54, 1.807) is 18.2 Å². The number of halogens is 1. The van der Waals surface area contributed by atoms with Crippen molar-refractivity contribution in [2.75, 3.05) is 31.1 Å². The van der Waals surface area contributed by atoms with Crippen LogP contribution in [0.5, 0.6) is 5.75 Å². The van der Waals surface area contributed by atoms with E-state index in [-0.39, 0.29) is 17.5 Å². The molecular weight excluding hydrogens is 307 g/mol. The number of carbonyl (C=O) groups excluding carboxylic acids is 1. The molecule has 2 aromatic rings. The predicted molar refractivity (Wildman–Crippen MR) is 91.6 cm³/mol. The number of nitrogens with zero attached hydrogens (tertiary/aromatic N) is 2. The van der Waals surface area contributed by atoms with Gasteiger partial charge in [0, 0.05) is 32.6 Å². The third kappa shape index (κ3) is 3.85. The zero-order chi connectivity index (χ0) is 16.9. The largest absolute Gasteiger partial charge is 0.506 e. The van der Waals surface area contributed by atoms with Gasteiger partial charge in [-0.3, -0.25) is 4.79 Å². The second-order valence-corrected chi connectivity index (χ2v) is 5.99. The smallest absolute Gasteiger partial charge is 0.223 e. The van der Waals surface area contributed by atoms with E-state index in [1.165, 1.54) is 12.1 Å². The van der Waals surface area contributed by atoms with E-state index < -0.39 is 0 Å². The Morgan fingerprint density at radius 3 is 2.50 bits per heavy atom. The summed E-state index contributed by atoms with van der Waals surface area (Å²) in [6.07, 6.45) is 0.941. The summed E-state index contributed by atoms with van der Waals surface area (Å²) in [5.74, 6) is 0.0933. The molecule has 4 nitrogen and oxygen atoms in total. The Morgan fingerprint density at radius 2 is 1.79 bits per heavy atom. The minimum absolute atomic E-state index is 0.0937. The SMILES string of the molecule is O=C(CCc1cccc(F)c1)N1CCN(c2ccccc2O)CC1. The third-order valence-electron chi connectivity index (χ3n) is 4.37. The highest BCUT2D eigenvalue weighted by Gasteiger charge is 2.22. The molecule has 1 heterocycles. The molecule has 0 aliphatic carbocycles. The number of anilines is 1. The summed E-state index contributed by atoms with van der Waals surface area (Å²) in [7, 11) is 0. The van der Waals surface area contributed by atoms with E-state index in [0.717, 1.165) is 11.3 Å². The zero-order valence-electron chi connectivity index (χ0n) is 13.5. The fraction of sp³-hybridized carbons (Fsp3) is 0.316. The molecule has 0 radical (unpaired) electrons. The number of rotatable bonds is 4. The van der Waals surface area contributed by atoms with Crippen molar-refractivity contribution in [1.82, 2.24) is 4.90 Å². The van der Waals surface area contributed by atoms with Gasteiger partial charge in [0.1, 0.15) is 11.6 Å². The monoisotopic (exact) mass is 328 g/mol. The van der Waals surface area contributed by atoms with E-state index in [0.29, 0.717) is 39.0 Å². The van der Waals surface area contributed by atoms with Crippen molar-refractivity contribution in [3.8, 4) is 5.75 Å². The number of amides is 1. The highest BCUT2D eigenvalue weighted by Crippen LogP contribution is 2.27. The van der Waals surface area contributed by atoms with Gasteiger partial charge in [0.25, 0.3) is 0 Å². The van der Waals surface area contributed by atoms with Gasteiger partial charge in [0.2, 0.25) is 5.91 Å². The van der Waals surface area contributed by atoms with Gasteiger partial charge in [-0.25, -0.2) is 4.39 Å². The van der Waals surface area contributed by atoms with Crippen molar-refractivity contribution < 1.29 is 14.3 Å². The van der Waals surface area contributed by atoms with Crippen molar-refractivity contribution in [3.63, 3.8) is 0 Å². The van der Waals surface area contributed by atoms with Crippen molar-refractivity contribution >= 4 is 11.6 Å². The maximum absolute atomic E-state index is 13.2. The van der Waals surface area contributed by atoms with Gasteiger partial charge in [-0.15, -0.1) is 0 Å². The van der Waals surface area contributed by atoms with Crippen LogP contribution in [0.4, 0.5) is 10.1 Å². The highest BCUT2D eigenvalue weighted by molar-refractivity contribution is 5.77. The van der Waals surface area contributed by atoms with Crippen LogP contribution in [-0.4, -0.2) is 42.1 Å². The fourth-order valence-electron chi connectivity index (χ4n) is 3.03. The molecule has 1 saturated heterocycles. The summed E-state index contributed by atoms with van der Waals surface area (Å²) in [5.41, 5.74) is 1.65. The Hall–Kier alpha value is -2.56. The van der Waals surface area contributed by atoms with Gasteiger partial charge in [0.05, 0.1) is 5.69 Å². The molecule has 5 heteroatoms. The maximum Gasteiger partial charge on any atom is 0.223 e. The van der Waals surface area contributed by atoms with Crippen LogP contribution in [0.25, 0.3) is 0 Å². The van der Waals surface area contributed by atoms with Crippen molar-refractivity contribution in [3.05, 3.63) is 59.9 Å². The summed E-state index contributed by atoms with van der Waals surface area (Å²) in [6.45, 7) is 2.67. The average molecular weight is 328 g/mol. The molecule has 0 bridgehead atoms. The molecule has 0 atom stereocenters. The summed E-state index contributed by atoms with van der Waals surface area (Å²) in [6, 6.07) is 13.6. The molecule has 1 aliphatic rings. The van der Waals surface area contributed by atoms with E-state index in [4.69, 9.17) is 0 Å². The second-order valence-electron chi connectivity index (χ2n) is 5.99. The fourth-order valence-corrected chi connectivity index (χ4v) is 3.03. The summed E-state index contributed by atoms with van der Waals surface area (Å²) in [5, 5.41) is 9.92. The first-order valence-corrected chi connectivity index (χ1v) is 8.18. The second kappa shape index (κ2) is 7.34. The molecule has 0 saturated carbocycles. The van der Waals surface area contributed by atoms with Crippen LogP contribution in [0, 0.1) is 5.82 Å². The van der Waals surface area contributed by atoms with Gasteiger partial charge >= 0.3 is 0 Å². The molecule has 3 rings (SSSR count). The van der Waals surface area contributed by atoms with Crippen molar-refractivity contribution in [1.29, 1.82) is 0 Å². The average Bonchev–Trinajstić information content (AvgIpc) is 2.60. The number of hydrogen-bond acceptors (Lipinski definition) is 3. The Balaban J connectivity index is 1.51. The topological polar surface area (TPSA) is 43.8 Å². The van der Waals surface area contributed by atoms with Crippen LogP contribution < -0.4 is 4.90 Å². The molecule has 0 unspecified atom stereocenters. The summed E-state index contributed by atoms with van der Waals surface area (Å²) in [4.78, 5) is 16.3. The minimum atomic E-state index is -0.267. The van der Waals surface area contributed by atoms with Gasteiger partial charge in [-0.05, 0) is 36.2 Å². The number of piperazine rings is 1. The molecule has 1 N–H and O–H groups in total. The first-order valence-electron chi connectivity index (χ1n) is 8.18. The number of para-hydroxylation sites is 2. The number of aromatic hydroxyl groups is 1. The number of aryl methyl sites for hydroxylation is 1. The van der Waals surface area contributed by atoms with E-state index in [9.17, 15) is 14.3 Å². The summed E-state index contributed by atoms with van der Waals surface area (Å²) < 4.78 is 13.2. The molecule has 0 aromatic heterocycles. The molecule has 0 spiro atoms. The van der Waals surface area contributed by atoms with E-state index in [2.05, 4.69) is 4.90 Å². The van der Waals surface area contributed by atoms with Crippen molar-refractivity contribution in [2.24, 2.45) is 0 Å². The maximum atomic E-state index is 13.2. The highest BCUT2D eigenvalue weighted by atomic mass is 19.1. The molecule has 1 amide bonds. The minimum Gasteiger partial charge on any atom is -0.506 e. The lowest BCUT2D eigenvalue weighted by molar-refractivity contribution is -0.131. The molecule has 1 fully saturated rings. The number of phenols is 1. The molecule has 2 aromatic carbocycles. The van der Waals surface area contributed by atoms with Crippen LogP contribution in [0.15, 0.2) is 48.5 Å². The molecule has 1 aliphatic heterocycles. The lowest BCUT2D eigenvalue weighted by Crippen LogP contribution is -2.48. The first-order chi connectivity index (χ1) is 11.6. The molecule has 126 valence electrons. The van der Waals surface area contributed by atoms with Crippen LogP contribution >= 0.6 is 0 Å². The Bertz CT molecular complexity index is 712. The van der Waals surface area contributed by atoms with Gasteiger partial charge < -0.3 is 14.9 Å². The summed E-state index contributed by atoms with van der Waals surface area (Å²) >= 11 is 0. The van der Waals surface area contributed by atoms with Crippen molar-refractivity contribution in [2.45, 2.75) is 12.8 Å². The first kappa shape index (κ1) is 16.3. The Labute approximate surface area is 141 Å². The Kier molecular flexibility index (Phi) is 4.99. The van der Waals surface area contributed by atoms with Gasteiger partial charge in [0.15, 0.2) is 0 Å². The number of benzene rings is 2. The predicted octanol–water partition coefficient (Wildman–Crippen LogP) is 2.81. The Morgan fingerprint density at radius 1 is 1.04 bits per heavy atom. The number of hydrogen-bond donors (Lipinski definition) is 1. The third-order valence-corrected chi connectivity index (χ3v) is 4.37. The number of phenolic OH excluding ortho intramolecular Hbond substituents is 1. The van der Waals surface area contributed by atoms with E-state index >= 15 is 0 Å². The zero-order valence-corrected chi connectivity index (χ0v) is 13.5. The number of carbonyl (C=O) groups is 1. The normalized spacial score (nSPS) is 14.7. The standard InChI is InChI=1S/C19H21FN2O2/c20-16-5-3-4-15(14-16)8-9-19(24)22-12-10-21(11-13-22)17-6-1-2-7-18(17)23/h1-7,14,23H,8-13H2. The quantitative estimate of drug-likeness (QED) is 0.938. The van der Waals surface area contributed by atoms with Crippen LogP contribution in [0.3, 0.4) is 0 Å². The van der Waals surface area contributed by atoms with Crippen LogP contribution in [-0.2, 0) is 11.2 Å². The van der Waals surface area contributed by atoms with Gasteiger partial charge in [-0.1, -0.05) is 24.3 Å². The van der Waals surface area contributed by atoms with Crippen LogP contribution in [0.2, 0.25) is 0 Å². The van der Waals surface area contributed by atoms with Crippen LogP contribution in [0.1, 0.15) is 12.0 Å². The van der Waals surface area contributed by atoms with Gasteiger partial charge in [-0.2, -0.15) is 0 Å². The van der Waals surface area contributed by atoms with E-state index in [1.807, 2.05) is 23.1 Å². The molecule has 24 heavy (non-hydrogen) atoms.